The third-order valence-corrected chi connectivity index (χ3v) is 9.53. The van der Waals surface area contributed by atoms with Gasteiger partial charge >= 0.3 is 0 Å². The predicted molar refractivity (Wildman–Crippen MR) is 176 cm³/mol. The van der Waals surface area contributed by atoms with Crippen LogP contribution >= 0.6 is 23.2 Å². The number of hydrogen-bond acceptors (Lipinski definition) is 4. The fourth-order valence-corrected chi connectivity index (χ4v) is 6.48. The maximum absolute atomic E-state index is 14.4. The number of halogens is 2. The van der Waals surface area contributed by atoms with Crippen LogP contribution in [0.15, 0.2) is 114 Å². The van der Waals surface area contributed by atoms with Gasteiger partial charge in [0.15, 0.2) is 0 Å². The average Bonchev–Trinajstić information content (AvgIpc) is 3.03. The molecule has 0 aliphatic rings. The van der Waals surface area contributed by atoms with Crippen LogP contribution in [-0.4, -0.2) is 44.3 Å². The van der Waals surface area contributed by atoms with Gasteiger partial charge in [-0.25, -0.2) is 8.42 Å². The zero-order chi connectivity index (χ0) is 31.5. The maximum atomic E-state index is 14.4. The molecule has 0 aliphatic carbocycles. The Morgan fingerprint density at radius 2 is 1.43 bits per heavy atom. The van der Waals surface area contributed by atoms with Gasteiger partial charge in [-0.05, 0) is 60.0 Å². The number of rotatable bonds is 14. The van der Waals surface area contributed by atoms with Crippen molar-refractivity contribution in [2.45, 2.75) is 43.7 Å². The van der Waals surface area contributed by atoms with Crippen molar-refractivity contribution in [2.75, 3.05) is 17.4 Å². The third kappa shape index (κ3) is 8.62. The van der Waals surface area contributed by atoms with E-state index in [4.69, 9.17) is 23.2 Å². The van der Waals surface area contributed by atoms with Crippen LogP contribution in [0.2, 0.25) is 10.0 Å². The monoisotopic (exact) mass is 651 g/mol. The van der Waals surface area contributed by atoms with Gasteiger partial charge in [-0.15, -0.1) is 0 Å². The molecule has 2 amide bonds. The van der Waals surface area contributed by atoms with Gasteiger partial charge < -0.3 is 10.2 Å². The molecule has 1 N–H and O–H groups in total. The molecule has 0 aliphatic heterocycles. The summed E-state index contributed by atoms with van der Waals surface area (Å²) >= 11 is 12.6. The molecule has 44 heavy (non-hydrogen) atoms. The lowest BCUT2D eigenvalue weighted by Gasteiger charge is -2.34. The van der Waals surface area contributed by atoms with Crippen LogP contribution < -0.4 is 9.62 Å². The fourth-order valence-electron chi connectivity index (χ4n) is 4.73. The molecule has 0 spiro atoms. The molecule has 1 unspecified atom stereocenters. The Balaban J connectivity index is 1.78. The molecule has 4 aromatic carbocycles. The maximum Gasteiger partial charge on any atom is 0.264 e. The summed E-state index contributed by atoms with van der Waals surface area (Å²) in [7, 11) is -4.18. The standard InChI is InChI=1S/C34H35Cl2N3O4S/c1-2-3-22-37-34(41)32(23-26-12-6-4-7-13-26)38(24-27-14-10-11-17-31(27)36)33(40)25-39(29-20-18-28(35)19-21-29)44(42,43)30-15-8-5-9-16-30/h4-21,32H,2-3,22-25H2,1H3,(H,37,41). The number of anilines is 1. The van der Waals surface area contributed by atoms with Crippen molar-refractivity contribution in [1.29, 1.82) is 0 Å². The molecule has 4 rings (SSSR count). The third-order valence-electron chi connectivity index (χ3n) is 7.12. The lowest BCUT2D eigenvalue weighted by molar-refractivity contribution is -0.140. The Labute approximate surface area is 269 Å². The Bertz CT molecular complexity index is 1640. The van der Waals surface area contributed by atoms with E-state index in [1.54, 1.807) is 66.7 Å². The topological polar surface area (TPSA) is 86.8 Å². The molecule has 230 valence electrons. The van der Waals surface area contributed by atoms with Crippen LogP contribution in [0.5, 0.6) is 0 Å². The van der Waals surface area contributed by atoms with Crippen LogP contribution in [-0.2, 0) is 32.6 Å². The van der Waals surface area contributed by atoms with Crippen LogP contribution in [0.25, 0.3) is 0 Å². The number of nitrogens with zero attached hydrogens (tertiary/aromatic N) is 2. The number of nitrogens with one attached hydrogen (secondary N) is 1. The molecule has 0 saturated carbocycles. The second kappa shape index (κ2) is 15.7. The first kappa shape index (κ1) is 33.1. The Kier molecular flexibility index (Phi) is 11.8. The van der Waals surface area contributed by atoms with E-state index in [-0.39, 0.29) is 29.5 Å². The molecule has 7 nitrogen and oxygen atoms in total. The van der Waals surface area contributed by atoms with Crippen molar-refractivity contribution >= 4 is 50.7 Å². The van der Waals surface area contributed by atoms with Gasteiger partial charge in [0.05, 0.1) is 10.6 Å². The van der Waals surface area contributed by atoms with Crippen molar-refractivity contribution in [1.82, 2.24) is 10.2 Å². The second-order valence-corrected chi connectivity index (χ2v) is 13.0. The molecule has 0 bridgehead atoms. The predicted octanol–water partition coefficient (Wildman–Crippen LogP) is 6.75. The zero-order valence-corrected chi connectivity index (χ0v) is 26.7. The van der Waals surface area contributed by atoms with E-state index in [9.17, 15) is 18.0 Å². The summed E-state index contributed by atoms with van der Waals surface area (Å²) in [6.45, 7) is 1.92. The molecule has 0 radical (unpaired) electrons. The normalized spacial score (nSPS) is 11.9. The summed E-state index contributed by atoms with van der Waals surface area (Å²) in [5.41, 5.74) is 1.74. The Morgan fingerprint density at radius 3 is 2.07 bits per heavy atom. The van der Waals surface area contributed by atoms with E-state index >= 15 is 0 Å². The largest absolute Gasteiger partial charge is 0.354 e. The minimum atomic E-state index is -4.18. The Hall–Kier alpha value is -3.85. The van der Waals surface area contributed by atoms with Crippen molar-refractivity contribution in [2.24, 2.45) is 0 Å². The molecule has 4 aromatic rings. The molecule has 1 atom stereocenters. The van der Waals surface area contributed by atoms with Gasteiger partial charge in [0, 0.05) is 29.6 Å². The number of benzene rings is 4. The van der Waals surface area contributed by atoms with E-state index in [2.05, 4.69) is 5.32 Å². The first-order valence-electron chi connectivity index (χ1n) is 14.4. The first-order valence-corrected chi connectivity index (χ1v) is 16.6. The average molecular weight is 653 g/mol. The van der Waals surface area contributed by atoms with Gasteiger partial charge in [-0.1, -0.05) is 103 Å². The highest BCUT2D eigenvalue weighted by atomic mass is 35.5. The molecule has 0 fully saturated rings. The van der Waals surface area contributed by atoms with Crippen molar-refractivity contribution < 1.29 is 18.0 Å². The van der Waals surface area contributed by atoms with Crippen molar-refractivity contribution in [3.63, 3.8) is 0 Å². The number of sulfonamides is 1. The highest BCUT2D eigenvalue weighted by Gasteiger charge is 2.34. The summed E-state index contributed by atoms with van der Waals surface area (Å²) in [5, 5.41) is 3.83. The van der Waals surface area contributed by atoms with Crippen molar-refractivity contribution in [3.8, 4) is 0 Å². The molecule has 0 saturated heterocycles. The number of unbranched alkanes of at least 4 members (excludes halogenated alkanes) is 1. The number of amides is 2. The minimum absolute atomic E-state index is 0.00293. The lowest BCUT2D eigenvalue weighted by Crippen LogP contribution is -2.53. The molecule has 10 heteroatoms. The minimum Gasteiger partial charge on any atom is -0.354 e. The second-order valence-electron chi connectivity index (χ2n) is 10.3. The first-order chi connectivity index (χ1) is 21.2. The van der Waals surface area contributed by atoms with E-state index in [1.165, 1.54) is 17.0 Å². The number of carbonyl (C=O) groups is 2. The number of carbonyl (C=O) groups excluding carboxylic acids is 2. The van der Waals surface area contributed by atoms with Crippen LogP contribution in [0, 0.1) is 0 Å². The van der Waals surface area contributed by atoms with E-state index in [0.29, 0.717) is 22.2 Å². The molecule has 0 heterocycles. The summed E-state index contributed by atoms with van der Waals surface area (Å²) in [5.74, 6) is -0.891. The molecular weight excluding hydrogens is 617 g/mol. The Morgan fingerprint density at radius 1 is 0.818 bits per heavy atom. The smallest absolute Gasteiger partial charge is 0.264 e. The van der Waals surface area contributed by atoms with E-state index in [1.807, 2.05) is 37.3 Å². The van der Waals surface area contributed by atoms with Gasteiger partial charge in [0.2, 0.25) is 11.8 Å². The van der Waals surface area contributed by atoms with Gasteiger partial charge in [-0.3, -0.25) is 13.9 Å². The molecular formula is C34H35Cl2N3O4S. The fraction of sp³-hybridized carbons (Fsp3) is 0.235. The van der Waals surface area contributed by atoms with Gasteiger partial charge in [0.1, 0.15) is 12.6 Å². The van der Waals surface area contributed by atoms with Crippen molar-refractivity contribution in [3.05, 3.63) is 130 Å². The summed E-state index contributed by atoms with van der Waals surface area (Å²) in [4.78, 5) is 29.7. The van der Waals surface area contributed by atoms with Crippen LogP contribution in [0.3, 0.4) is 0 Å². The summed E-state index contributed by atoms with van der Waals surface area (Å²) in [6.07, 6.45) is 1.89. The highest BCUT2D eigenvalue weighted by molar-refractivity contribution is 7.92. The van der Waals surface area contributed by atoms with Gasteiger partial charge in [0.25, 0.3) is 10.0 Å². The van der Waals surface area contributed by atoms with E-state index in [0.717, 1.165) is 22.7 Å². The zero-order valence-electron chi connectivity index (χ0n) is 24.4. The molecule has 0 aromatic heterocycles. The van der Waals surface area contributed by atoms with E-state index < -0.39 is 28.5 Å². The van der Waals surface area contributed by atoms with Crippen LogP contribution in [0.4, 0.5) is 5.69 Å². The number of hydrogen-bond donors (Lipinski definition) is 1. The quantitative estimate of drug-likeness (QED) is 0.153. The lowest BCUT2D eigenvalue weighted by atomic mass is 10.0. The summed E-state index contributed by atoms with van der Waals surface area (Å²) < 4.78 is 29.0. The highest BCUT2D eigenvalue weighted by Crippen LogP contribution is 2.27. The van der Waals surface area contributed by atoms with Gasteiger partial charge in [-0.2, -0.15) is 0 Å². The SMILES string of the molecule is CCCCNC(=O)C(Cc1ccccc1)N(Cc1ccccc1Cl)C(=O)CN(c1ccc(Cl)cc1)S(=O)(=O)c1ccccc1. The summed E-state index contributed by atoms with van der Waals surface area (Å²) in [6, 6.07) is 29.7. The van der Waals surface area contributed by atoms with Crippen LogP contribution in [0.1, 0.15) is 30.9 Å².